The van der Waals surface area contributed by atoms with Crippen molar-refractivity contribution in [1.29, 1.82) is 0 Å². The van der Waals surface area contributed by atoms with Gasteiger partial charge in [0, 0.05) is 59.5 Å². The minimum absolute atomic E-state index is 0. The predicted molar refractivity (Wildman–Crippen MR) is 269 cm³/mol. The fraction of sp³-hybridized carbons (Fsp3) is 0.690. The molecule has 5 aliphatic heterocycles. The van der Waals surface area contributed by atoms with E-state index in [2.05, 4.69) is 27.4 Å². The van der Waals surface area contributed by atoms with Crippen molar-refractivity contribution in [1.82, 2.24) is 0 Å². The van der Waals surface area contributed by atoms with Gasteiger partial charge in [0.15, 0.2) is 17.3 Å². The van der Waals surface area contributed by atoms with E-state index in [0.29, 0.717) is 63.4 Å². The number of Topliss-reactive ketones (excluding diaryl/α,β-unsaturated/α-hetero) is 1. The summed E-state index contributed by atoms with van der Waals surface area (Å²) in [4.78, 5) is 50.1. The van der Waals surface area contributed by atoms with Crippen LogP contribution in [-0.2, 0) is 47.6 Å². The molecule has 73 heavy (non-hydrogen) atoms. The molecule has 4 saturated heterocycles. The molecule has 1 aliphatic carbocycles. The Bertz CT molecular complexity index is 2200. The third-order valence-electron chi connectivity index (χ3n) is 17.5. The number of carbonyl (C=O) groups excluding carboxylic acids is 4. The average molecular weight is 1030 g/mol. The first-order valence-corrected chi connectivity index (χ1v) is 26.6. The van der Waals surface area contributed by atoms with Crippen LogP contribution in [-0.4, -0.2) is 111 Å². The summed E-state index contributed by atoms with van der Waals surface area (Å²) in [5, 5.41) is 46.0. The van der Waals surface area contributed by atoms with Gasteiger partial charge in [0.25, 0.3) is 0 Å². The largest absolute Gasteiger partial charge is 1.00 e. The second kappa shape index (κ2) is 25.1. The number of methoxy groups -OCH3 is 1. The van der Waals surface area contributed by atoms with Crippen LogP contribution in [0.15, 0.2) is 78.6 Å². The van der Waals surface area contributed by atoms with Gasteiger partial charge in [-0.1, -0.05) is 91.8 Å². The molecule has 0 saturated carbocycles. The number of carbonyl (C=O) groups is 4. The number of aliphatic hydroxyl groups is 3. The number of ketones is 3. The molecule has 0 aromatic heterocycles. The van der Waals surface area contributed by atoms with Crippen LogP contribution in [0.5, 0.6) is 0 Å². The van der Waals surface area contributed by atoms with Crippen molar-refractivity contribution in [3.63, 3.8) is 0 Å². The number of aliphatic hydroxyl groups excluding tert-OH is 2. The van der Waals surface area contributed by atoms with Crippen LogP contribution in [0, 0.1) is 41.4 Å². The minimum atomic E-state index is -1.37. The standard InChI is InChI=1S/C42H70O11.C16H14O3.Na/c1-11-29(38(46)47)31-15-14-23(4)36(50-31)27(8)34(44)26(7)35(45)30(12-2)37-24(5)22-25(6)41(51-37)19-16-32(43)42(53-41)21-20-39(10,52-42)33-17-18-40(48,13-3)28(9)49-33;1-3-12(11-7-5-4-6-8-11)13-9-15(18)16(19-2)10-14(13)17;/h16,19,23-34,36-37,43-44,48H,11-15,17-18,20-22H2,1-10H3,(H,46,47);3-10,12H,1H2,2H3;/q;;+1/p-1. The maximum Gasteiger partial charge on any atom is 1.00 e. The van der Waals surface area contributed by atoms with Crippen molar-refractivity contribution in [2.45, 2.75) is 205 Å². The van der Waals surface area contributed by atoms with Crippen LogP contribution in [0.1, 0.15) is 145 Å². The van der Waals surface area contributed by atoms with Gasteiger partial charge in [-0.15, -0.1) is 6.58 Å². The maximum atomic E-state index is 14.4. The molecular formula is C58H83NaO14. The van der Waals surface area contributed by atoms with Crippen LogP contribution in [0.2, 0.25) is 0 Å². The second-order valence-electron chi connectivity index (χ2n) is 22.1. The Morgan fingerprint density at radius 3 is 2.16 bits per heavy atom. The van der Waals surface area contributed by atoms with Crippen LogP contribution < -0.4 is 34.7 Å². The number of allylic oxidation sites excluding steroid dienone is 4. The summed E-state index contributed by atoms with van der Waals surface area (Å²) in [5.41, 5.74) is -0.283. The Hall–Kier alpha value is -2.86. The number of hydrogen-bond donors (Lipinski definition) is 3. The summed E-state index contributed by atoms with van der Waals surface area (Å²) in [6.07, 6.45) is 9.45. The third-order valence-corrected chi connectivity index (χ3v) is 17.5. The molecule has 14 nitrogen and oxygen atoms in total. The zero-order valence-electron chi connectivity index (χ0n) is 45.5. The molecule has 6 aliphatic rings. The Balaban J connectivity index is 0.000000413. The van der Waals surface area contributed by atoms with Gasteiger partial charge in [0.05, 0.1) is 54.9 Å². The van der Waals surface area contributed by atoms with Gasteiger partial charge in [-0.3, -0.25) is 14.4 Å². The normalized spacial score (nSPS) is 37.8. The number of ether oxygens (including phenoxy) is 6. The SMILES string of the molecule is C=CC(C1=CC(=O)C(OC)=CC1=O)c1ccccc1.CCC(C(=O)[O-])C1CCC(C)C(C(C)C(O)C(C)C(=O)C(CC)C2OC3(C=CC(O)C4(CCC(C)(C5CCC(O)(CC)C(C)O5)O4)O3)C(C)CC2C)O1.[Na+]. The molecule has 7 rings (SSSR count). The van der Waals surface area contributed by atoms with Gasteiger partial charge >= 0.3 is 29.6 Å². The summed E-state index contributed by atoms with van der Waals surface area (Å²) >= 11 is 0. The van der Waals surface area contributed by atoms with Crippen LogP contribution in [0.3, 0.4) is 0 Å². The first-order valence-electron chi connectivity index (χ1n) is 26.6. The first-order chi connectivity index (χ1) is 34.0. The fourth-order valence-corrected chi connectivity index (χ4v) is 12.5. The van der Waals surface area contributed by atoms with Crippen LogP contribution in [0.4, 0.5) is 0 Å². The molecular weight excluding hydrogens is 944 g/mol. The molecule has 3 N–H and O–H groups in total. The zero-order chi connectivity index (χ0) is 53.1. The second-order valence-corrected chi connectivity index (χ2v) is 22.1. The van der Waals surface area contributed by atoms with Crippen LogP contribution in [0.25, 0.3) is 0 Å². The molecule has 0 radical (unpaired) electrons. The van der Waals surface area contributed by atoms with Gasteiger partial charge < -0.3 is 53.6 Å². The van der Waals surface area contributed by atoms with Crippen molar-refractivity contribution < 1.29 is 97.6 Å². The molecule has 19 atom stereocenters. The van der Waals surface area contributed by atoms with Gasteiger partial charge in [-0.2, -0.15) is 0 Å². The van der Waals surface area contributed by atoms with Crippen molar-refractivity contribution in [3.05, 3.63) is 84.2 Å². The Morgan fingerprint density at radius 2 is 1.58 bits per heavy atom. The summed E-state index contributed by atoms with van der Waals surface area (Å²) in [6, 6.07) is 9.48. The molecule has 5 heterocycles. The number of benzene rings is 1. The van der Waals surface area contributed by atoms with E-state index in [-0.39, 0.29) is 88.5 Å². The maximum absolute atomic E-state index is 14.4. The minimum Gasteiger partial charge on any atom is -0.550 e. The fourth-order valence-electron chi connectivity index (χ4n) is 12.5. The van der Waals surface area contributed by atoms with E-state index < -0.39 is 82.9 Å². The van der Waals surface area contributed by atoms with Gasteiger partial charge in [0.2, 0.25) is 11.6 Å². The van der Waals surface area contributed by atoms with Crippen molar-refractivity contribution in [2.24, 2.45) is 41.4 Å². The summed E-state index contributed by atoms with van der Waals surface area (Å²) in [5.74, 6) is -6.96. The van der Waals surface area contributed by atoms with E-state index in [9.17, 15) is 39.6 Å². The van der Waals surface area contributed by atoms with E-state index >= 15 is 0 Å². The number of aliphatic carboxylic acids is 1. The molecule has 4 fully saturated rings. The monoisotopic (exact) mass is 1030 g/mol. The number of hydrogen-bond acceptors (Lipinski definition) is 14. The molecule has 15 heteroatoms. The molecule has 0 amide bonds. The molecule has 19 unspecified atom stereocenters. The van der Waals surface area contributed by atoms with Gasteiger partial charge in [0.1, 0.15) is 11.9 Å². The molecule has 0 bridgehead atoms. The predicted octanol–water partition coefficient (Wildman–Crippen LogP) is 4.42. The van der Waals surface area contributed by atoms with E-state index in [1.165, 1.54) is 19.3 Å². The summed E-state index contributed by atoms with van der Waals surface area (Å²) < 4.78 is 38.3. The van der Waals surface area contributed by atoms with E-state index in [4.69, 9.17) is 28.4 Å². The van der Waals surface area contributed by atoms with Crippen molar-refractivity contribution in [2.75, 3.05) is 7.11 Å². The smallest absolute Gasteiger partial charge is 0.550 e. The zero-order valence-corrected chi connectivity index (χ0v) is 47.5. The average Bonchev–Trinajstić information content (AvgIpc) is 3.71. The number of rotatable bonds is 16. The quantitative estimate of drug-likeness (QED) is 0.119. The van der Waals surface area contributed by atoms with E-state index in [1.54, 1.807) is 25.2 Å². The Kier molecular flexibility index (Phi) is 21.0. The first kappa shape index (κ1) is 61.0. The topological polar surface area (TPSA) is 207 Å². The van der Waals surface area contributed by atoms with Gasteiger partial charge in [-0.25, -0.2) is 0 Å². The Labute approximate surface area is 456 Å². The Morgan fingerprint density at radius 1 is 0.904 bits per heavy atom. The van der Waals surface area contributed by atoms with E-state index in [0.717, 1.165) is 12.0 Å². The summed E-state index contributed by atoms with van der Waals surface area (Å²) in [6.45, 7) is 23.3. The van der Waals surface area contributed by atoms with E-state index in [1.807, 2.05) is 71.9 Å². The molecule has 2 spiro atoms. The van der Waals surface area contributed by atoms with Crippen molar-refractivity contribution >= 4 is 23.3 Å². The van der Waals surface area contributed by atoms with Crippen molar-refractivity contribution in [3.8, 4) is 0 Å². The molecule has 1 aromatic rings. The van der Waals surface area contributed by atoms with Gasteiger partial charge in [-0.05, 0) is 107 Å². The summed E-state index contributed by atoms with van der Waals surface area (Å²) in [7, 11) is 1.37. The number of carboxylic acid groups (broad SMARTS) is 1. The molecule has 400 valence electrons. The number of carboxylic acids is 1. The third kappa shape index (κ3) is 12.6. The van der Waals surface area contributed by atoms with Crippen LogP contribution >= 0.6 is 0 Å². The molecule has 1 aromatic carbocycles.